The summed E-state index contributed by atoms with van der Waals surface area (Å²) < 4.78 is 5.04. The zero-order valence-electron chi connectivity index (χ0n) is 12.1. The number of hydrogen-bond donors (Lipinski definition) is 1. The van der Waals surface area contributed by atoms with Gasteiger partial charge in [0.2, 0.25) is 5.89 Å². The molecule has 0 bridgehead atoms. The summed E-state index contributed by atoms with van der Waals surface area (Å²) >= 11 is 0. The van der Waals surface area contributed by atoms with Crippen molar-refractivity contribution in [3.63, 3.8) is 0 Å². The fourth-order valence-corrected chi connectivity index (χ4v) is 2.04. The van der Waals surface area contributed by atoms with Gasteiger partial charge in [-0.3, -0.25) is 0 Å². The van der Waals surface area contributed by atoms with Crippen LogP contribution in [0.3, 0.4) is 0 Å². The van der Waals surface area contributed by atoms with Crippen LogP contribution in [0.4, 0.5) is 5.69 Å². The number of hydrogen-bond acceptors (Lipinski definition) is 5. The Hall–Kier alpha value is -1.59. The number of benzene rings is 1. The summed E-state index contributed by atoms with van der Waals surface area (Å²) in [4.78, 5) is 6.48. The predicted molar refractivity (Wildman–Crippen MR) is 82.1 cm³/mol. The second-order valence-corrected chi connectivity index (χ2v) is 4.61. The molecule has 0 atom stereocenters. The van der Waals surface area contributed by atoms with Crippen LogP contribution >= 0.6 is 12.4 Å². The number of nitrogens with two attached hydrogens (primary N) is 1. The minimum Gasteiger partial charge on any atom is -0.364 e. The second kappa shape index (κ2) is 7.26. The molecular formula is C14H21ClN4O. The molecule has 6 heteroatoms. The normalized spacial score (nSPS) is 10.2. The molecule has 0 unspecified atom stereocenters. The molecule has 0 fully saturated rings. The average molecular weight is 297 g/mol. The molecule has 110 valence electrons. The highest BCUT2D eigenvalue weighted by Gasteiger charge is 2.12. The first kappa shape index (κ1) is 16.5. The molecular weight excluding hydrogens is 276 g/mol. The van der Waals surface area contributed by atoms with E-state index in [1.807, 2.05) is 0 Å². The summed E-state index contributed by atoms with van der Waals surface area (Å²) in [5.74, 6) is 1.15. The quantitative estimate of drug-likeness (QED) is 0.918. The van der Waals surface area contributed by atoms with Crippen LogP contribution in [0.2, 0.25) is 0 Å². The van der Waals surface area contributed by atoms with E-state index in [0.29, 0.717) is 18.3 Å². The van der Waals surface area contributed by atoms with Crippen molar-refractivity contribution in [1.82, 2.24) is 10.1 Å². The van der Waals surface area contributed by atoms with Gasteiger partial charge in [-0.2, -0.15) is 4.98 Å². The number of aryl methyl sites for hydroxylation is 2. The summed E-state index contributed by atoms with van der Waals surface area (Å²) in [5.41, 5.74) is 9.17. The Balaban J connectivity index is 0.00000200. The molecule has 1 heterocycles. The third kappa shape index (κ3) is 3.71. The number of halogens is 1. The molecule has 1 aromatic heterocycles. The maximum atomic E-state index is 5.47. The van der Waals surface area contributed by atoms with E-state index >= 15 is 0 Å². The predicted octanol–water partition coefficient (Wildman–Crippen LogP) is 2.59. The fraction of sp³-hybridized carbons (Fsp3) is 0.429. The third-order valence-electron chi connectivity index (χ3n) is 3.10. The lowest BCUT2D eigenvalue weighted by atomic mass is 10.1. The van der Waals surface area contributed by atoms with Crippen molar-refractivity contribution < 1.29 is 4.52 Å². The maximum Gasteiger partial charge on any atom is 0.240 e. The molecule has 0 radical (unpaired) electrons. The molecule has 0 spiro atoms. The van der Waals surface area contributed by atoms with Gasteiger partial charge in [-0.25, -0.2) is 0 Å². The van der Waals surface area contributed by atoms with Gasteiger partial charge >= 0.3 is 0 Å². The van der Waals surface area contributed by atoms with E-state index in [2.05, 4.69) is 54.0 Å². The van der Waals surface area contributed by atoms with Crippen LogP contribution in [-0.4, -0.2) is 16.7 Å². The smallest absolute Gasteiger partial charge is 0.240 e. The number of aromatic nitrogens is 2. The van der Waals surface area contributed by atoms with E-state index in [0.717, 1.165) is 6.54 Å². The van der Waals surface area contributed by atoms with Gasteiger partial charge in [0.1, 0.15) is 0 Å². The van der Waals surface area contributed by atoms with Gasteiger partial charge in [0.15, 0.2) is 5.82 Å². The Morgan fingerprint density at radius 1 is 1.30 bits per heavy atom. The molecule has 0 aliphatic carbocycles. The van der Waals surface area contributed by atoms with Crippen molar-refractivity contribution in [3.8, 4) is 0 Å². The summed E-state index contributed by atoms with van der Waals surface area (Å²) in [7, 11) is 0. The van der Waals surface area contributed by atoms with Crippen molar-refractivity contribution in [2.75, 3.05) is 11.4 Å². The van der Waals surface area contributed by atoms with Gasteiger partial charge in [-0.1, -0.05) is 17.3 Å². The minimum atomic E-state index is 0. The average Bonchev–Trinajstić information content (AvgIpc) is 2.87. The molecule has 0 saturated heterocycles. The highest BCUT2D eigenvalue weighted by atomic mass is 35.5. The lowest BCUT2D eigenvalue weighted by Crippen LogP contribution is -2.23. The first-order valence-electron chi connectivity index (χ1n) is 6.47. The van der Waals surface area contributed by atoms with Gasteiger partial charge in [0, 0.05) is 12.2 Å². The van der Waals surface area contributed by atoms with Crippen molar-refractivity contribution in [2.24, 2.45) is 5.73 Å². The van der Waals surface area contributed by atoms with Gasteiger partial charge in [-0.05, 0) is 38.0 Å². The van der Waals surface area contributed by atoms with Crippen LogP contribution < -0.4 is 10.6 Å². The van der Waals surface area contributed by atoms with Gasteiger partial charge < -0.3 is 15.2 Å². The van der Waals surface area contributed by atoms with Gasteiger partial charge in [0.05, 0.1) is 13.1 Å². The van der Waals surface area contributed by atoms with Crippen molar-refractivity contribution in [1.29, 1.82) is 0 Å². The van der Waals surface area contributed by atoms with E-state index in [1.165, 1.54) is 16.8 Å². The molecule has 0 amide bonds. The van der Waals surface area contributed by atoms with Crippen LogP contribution in [-0.2, 0) is 13.1 Å². The van der Waals surface area contributed by atoms with Crippen LogP contribution in [0.1, 0.15) is 29.8 Å². The fourth-order valence-electron chi connectivity index (χ4n) is 2.04. The molecule has 2 aromatic rings. The second-order valence-electron chi connectivity index (χ2n) is 4.61. The zero-order chi connectivity index (χ0) is 13.8. The molecule has 2 N–H and O–H groups in total. The molecule has 0 aliphatic heterocycles. The van der Waals surface area contributed by atoms with Crippen LogP contribution in [0.25, 0.3) is 0 Å². The van der Waals surface area contributed by atoms with Gasteiger partial charge in [-0.15, -0.1) is 12.4 Å². The van der Waals surface area contributed by atoms with Gasteiger partial charge in [0.25, 0.3) is 0 Å². The van der Waals surface area contributed by atoms with E-state index < -0.39 is 0 Å². The van der Waals surface area contributed by atoms with E-state index in [9.17, 15) is 0 Å². The topological polar surface area (TPSA) is 68.2 Å². The molecule has 0 aliphatic rings. The highest BCUT2D eigenvalue weighted by molar-refractivity contribution is 5.85. The molecule has 5 nitrogen and oxygen atoms in total. The largest absolute Gasteiger partial charge is 0.364 e. The molecule has 2 rings (SSSR count). The Bertz CT molecular complexity index is 556. The van der Waals surface area contributed by atoms with Crippen LogP contribution in [0.5, 0.6) is 0 Å². The summed E-state index contributed by atoms with van der Waals surface area (Å²) in [6.07, 6.45) is 0. The van der Waals surface area contributed by atoms with Crippen molar-refractivity contribution in [3.05, 3.63) is 41.0 Å². The van der Waals surface area contributed by atoms with Crippen LogP contribution in [0, 0.1) is 13.8 Å². The number of rotatable bonds is 5. The Morgan fingerprint density at radius 3 is 2.65 bits per heavy atom. The standard InChI is InChI=1S/C14H20N4O.ClH/c1-4-18(9-13-16-14(8-15)19-17-13)12-7-10(2)5-6-11(12)3;/h5-7H,4,8-9,15H2,1-3H3;1H. The molecule has 20 heavy (non-hydrogen) atoms. The van der Waals surface area contributed by atoms with E-state index in [4.69, 9.17) is 10.3 Å². The first-order chi connectivity index (χ1) is 9.13. The third-order valence-corrected chi connectivity index (χ3v) is 3.10. The monoisotopic (exact) mass is 296 g/mol. The minimum absolute atomic E-state index is 0. The summed E-state index contributed by atoms with van der Waals surface area (Å²) in [5, 5.41) is 3.94. The van der Waals surface area contributed by atoms with E-state index in [1.54, 1.807) is 0 Å². The number of nitrogens with zero attached hydrogens (tertiary/aromatic N) is 3. The SMILES string of the molecule is CCN(Cc1noc(CN)n1)c1cc(C)ccc1C.Cl. The van der Waals surface area contributed by atoms with Crippen molar-refractivity contribution >= 4 is 18.1 Å². The lowest BCUT2D eigenvalue weighted by molar-refractivity contribution is 0.374. The highest BCUT2D eigenvalue weighted by Crippen LogP contribution is 2.22. The molecule has 1 aromatic carbocycles. The zero-order valence-corrected chi connectivity index (χ0v) is 12.9. The number of anilines is 1. The van der Waals surface area contributed by atoms with Crippen molar-refractivity contribution in [2.45, 2.75) is 33.9 Å². The lowest BCUT2D eigenvalue weighted by Gasteiger charge is -2.23. The summed E-state index contributed by atoms with van der Waals surface area (Å²) in [6.45, 7) is 8.12. The Kier molecular flexibility index (Phi) is 5.98. The first-order valence-corrected chi connectivity index (χ1v) is 6.47. The Labute approximate surface area is 125 Å². The van der Waals surface area contributed by atoms with E-state index in [-0.39, 0.29) is 19.0 Å². The Morgan fingerprint density at radius 2 is 2.05 bits per heavy atom. The maximum absolute atomic E-state index is 5.47. The van der Waals surface area contributed by atoms with Crippen LogP contribution in [0.15, 0.2) is 22.7 Å². The summed E-state index contributed by atoms with van der Waals surface area (Å²) in [6, 6.07) is 6.44. The molecule has 0 saturated carbocycles.